The molecule has 0 bridgehead atoms. The van der Waals surface area contributed by atoms with Gasteiger partial charge in [0.2, 0.25) is 0 Å². The SMILES string of the molecule is COCCCN(C)C(=O)NCCC(c1ccccc1)c1ccccc1. The Hall–Kier alpha value is -2.33. The molecule has 0 atom stereocenters. The maximum Gasteiger partial charge on any atom is 0.317 e. The highest BCUT2D eigenvalue weighted by molar-refractivity contribution is 5.73. The third kappa shape index (κ3) is 6.24. The minimum atomic E-state index is -0.0315. The number of amides is 2. The zero-order valence-corrected chi connectivity index (χ0v) is 15.2. The van der Waals surface area contributed by atoms with Crippen molar-refractivity contribution in [2.45, 2.75) is 18.8 Å². The highest BCUT2D eigenvalue weighted by Crippen LogP contribution is 2.27. The smallest absolute Gasteiger partial charge is 0.317 e. The fraction of sp³-hybridized carbons (Fsp3) is 0.381. The van der Waals surface area contributed by atoms with Crippen LogP contribution in [0.25, 0.3) is 0 Å². The number of ether oxygens (including phenoxy) is 1. The summed E-state index contributed by atoms with van der Waals surface area (Å²) < 4.78 is 5.02. The summed E-state index contributed by atoms with van der Waals surface area (Å²) in [5.74, 6) is 0.279. The first-order valence-corrected chi connectivity index (χ1v) is 8.80. The molecule has 0 saturated heterocycles. The van der Waals surface area contributed by atoms with E-state index < -0.39 is 0 Å². The summed E-state index contributed by atoms with van der Waals surface area (Å²) in [5.41, 5.74) is 2.55. The van der Waals surface area contributed by atoms with Gasteiger partial charge in [-0.3, -0.25) is 0 Å². The third-order valence-electron chi connectivity index (χ3n) is 4.30. The number of carbonyl (C=O) groups excluding carboxylic acids is 1. The Bertz CT molecular complexity index is 577. The van der Waals surface area contributed by atoms with E-state index in [1.165, 1.54) is 11.1 Å². The monoisotopic (exact) mass is 340 g/mol. The molecule has 0 fully saturated rings. The van der Waals surface area contributed by atoms with E-state index >= 15 is 0 Å². The van der Waals surface area contributed by atoms with Crippen LogP contribution in [0, 0.1) is 0 Å². The van der Waals surface area contributed by atoms with Gasteiger partial charge in [-0.05, 0) is 24.0 Å². The van der Waals surface area contributed by atoms with Crippen LogP contribution >= 0.6 is 0 Å². The first-order valence-electron chi connectivity index (χ1n) is 8.80. The van der Waals surface area contributed by atoms with Crippen LogP contribution in [0.3, 0.4) is 0 Å². The van der Waals surface area contributed by atoms with Gasteiger partial charge in [-0.1, -0.05) is 60.7 Å². The quantitative estimate of drug-likeness (QED) is 0.704. The van der Waals surface area contributed by atoms with Crippen molar-refractivity contribution in [3.63, 3.8) is 0 Å². The number of benzene rings is 2. The minimum absolute atomic E-state index is 0.0315. The lowest BCUT2D eigenvalue weighted by Gasteiger charge is -2.21. The number of nitrogens with zero attached hydrogens (tertiary/aromatic N) is 1. The summed E-state index contributed by atoms with van der Waals surface area (Å²) in [6.07, 6.45) is 1.71. The molecule has 0 spiro atoms. The van der Waals surface area contributed by atoms with Gasteiger partial charge in [-0.2, -0.15) is 0 Å². The van der Waals surface area contributed by atoms with Crippen LogP contribution in [-0.2, 0) is 4.74 Å². The highest BCUT2D eigenvalue weighted by Gasteiger charge is 2.15. The lowest BCUT2D eigenvalue weighted by Crippen LogP contribution is -2.38. The Balaban J connectivity index is 1.91. The molecule has 0 saturated carbocycles. The van der Waals surface area contributed by atoms with E-state index in [1.807, 2.05) is 19.2 Å². The maximum absolute atomic E-state index is 12.2. The molecular formula is C21H28N2O2. The van der Waals surface area contributed by atoms with Crippen molar-refractivity contribution in [1.29, 1.82) is 0 Å². The molecule has 0 aliphatic heterocycles. The Morgan fingerprint density at radius 3 is 2.12 bits per heavy atom. The van der Waals surface area contributed by atoms with E-state index in [2.05, 4.69) is 53.8 Å². The third-order valence-corrected chi connectivity index (χ3v) is 4.30. The Kier molecular flexibility index (Phi) is 7.99. The molecule has 25 heavy (non-hydrogen) atoms. The van der Waals surface area contributed by atoms with Crippen LogP contribution < -0.4 is 5.32 Å². The Labute approximate surface area is 150 Å². The van der Waals surface area contributed by atoms with E-state index in [-0.39, 0.29) is 11.9 Å². The number of carbonyl (C=O) groups is 1. The number of hydrogen-bond acceptors (Lipinski definition) is 2. The second-order valence-corrected chi connectivity index (χ2v) is 6.16. The van der Waals surface area contributed by atoms with Crippen molar-refractivity contribution in [1.82, 2.24) is 10.2 Å². The molecule has 134 valence electrons. The summed E-state index contributed by atoms with van der Waals surface area (Å²) in [5, 5.41) is 3.03. The van der Waals surface area contributed by atoms with Gasteiger partial charge >= 0.3 is 6.03 Å². The first-order chi connectivity index (χ1) is 12.2. The van der Waals surface area contributed by atoms with Crippen LogP contribution in [0.1, 0.15) is 29.9 Å². The van der Waals surface area contributed by atoms with E-state index in [4.69, 9.17) is 4.74 Å². The number of nitrogens with one attached hydrogen (secondary N) is 1. The van der Waals surface area contributed by atoms with E-state index in [9.17, 15) is 4.79 Å². The lowest BCUT2D eigenvalue weighted by atomic mass is 9.88. The molecule has 4 heteroatoms. The van der Waals surface area contributed by atoms with E-state index in [1.54, 1.807) is 12.0 Å². The molecule has 0 aliphatic carbocycles. The topological polar surface area (TPSA) is 41.6 Å². The zero-order valence-electron chi connectivity index (χ0n) is 15.2. The van der Waals surface area contributed by atoms with Gasteiger partial charge in [0.05, 0.1) is 0 Å². The highest BCUT2D eigenvalue weighted by atomic mass is 16.5. The fourth-order valence-corrected chi connectivity index (χ4v) is 2.90. The van der Waals surface area contributed by atoms with Gasteiger partial charge in [-0.15, -0.1) is 0 Å². The van der Waals surface area contributed by atoms with E-state index in [0.717, 1.165) is 12.8 Å². The fourth-order valence-electron chi connectivity index (χ4n) is 2.90. The first kappa shape index (κ1) is 19.0. The minimum Gasteiger partial charge on any atom is -0.385 e. The van der Waals surface area contributed by atoms with Crippen LogP contribution in [0.2, 0.25) is 0 Å². The second-order valence-electron chi connectivity index (χ2n) is 6.16. The molecule has 0 heterocycles. The van der Waals surface area contributed by atoms with Crippen LogP contribution in [0.4, 0.5) is 4.79 Å². The molecule has 0 aliphatic rings. The van der Waals surface area contributed by atoms with Crippen molar-refractivity contribution in [2.24, 2.45) is 0 Å². The summed E-state index contributed by atoms with van der Waals surface area (Å²) in [4.78, 5) is 13.9. The molecule has 0 aromatic heterocycles. The molecule has 2 rings (SSSR count). The molecule has 2 aromatic rings. The molecule has 0 unspecified atom stereocenters. The maximum atomic E-state index is 12.2. The van der Waals surface area contributed by atoms with Gasteiger partial charge in [-0.25, -0.2) is 4.79 Å². The summed E-state index contributed by atoms with van der Waals surface area (Å²) >= 11 is 0. The van der Waals surface area contributed by atoms with Crippen LogP contribution in [0.5, 0.6) is 0 Å². The molecule has 4 nitrogen and oxygen atoms in total. The summed E-state index contributed by atoms with van der Waals surface area (Å²) in [7, 11) is 3.49. The van der Waals surface area contributed by atoms with Crippen molar-refractivity contribution < 1.29 is 9.53 Å². The summed E-state index contributed by atoms with van der Waals surface area (Å²) in [6, 6.07) is 20.9. The zero-order chi connectivity index (χ0) is 17.9. The van der Waals surface area contributed by atoms with Crippen LogP contribution in [-0.4, -0.2) is 44.8 Å². The van der Waals surface area contributed by atoms with Crippen molar-refractivity contribution >= 4 is 6.03 Å². The van der Waals surface area contributed by atoms with Gasteiger partial charge in [0.15, 0.2) is 0 Å². The number of rotatable bonds is 9. The van der Waals surface area contributed by atoms with Gasteiger partial charge in [0.1, 0.15) is 0 Å². The number of urea groups is 1. The summed E-state index contributed by atoms with van der Waals surface area (Å²) in [6.45, 7) is 2.00. The Morgan fingerprint density at radius 1 is 1.04 bits per heavy atom. The number of methoxy groups -OCH3 is 1. The standard InChI is InChI=1S/C21H28N2O2/c1-23(16-9-17-25-2)21(24)22-15-14-20(18-10-5-3-6-11-18)19-12-7-4-8-13-19/h3-8,10-13,20H,9,14-17H2,1-2H3,(H,22,24). The largest absolute Gasteiger partial charge is 0.385 e. The Morgan fingerprint density at radius 2 is 1.60 bits per heavy atom. The number of hydrogen-bond donors (Lipinski definition) is 1. The average Bonchev–Trinajstić information content (AvgIpc) is 2.66. The van der Waals surface area contributed by atoms with Crippen molar-refractivity contribution in [3.05, 3.63) is 71.8 Å². The van der Waals surface area contributed by atoms with Gasteiger partial charge in [0, 0.05) is 39.8 Å². The predicted molar refractivity (Wildman–Crippen MR) is 102 cm³/mol. The van der Waals surface area contributed by atoms with Gasteiger partial charge in [0.25, 0.3) is 0 Å². The van der Waals surface area contributed by atoms with Crippen molar-refractivity contribution in [2.75, 3.05) is 33.9 Å². The molecule has 2 amide bonds. The van der Waals surface area contributed by atoms with Gasteiger partial charge < -0.3 is 15.0 Å². The second kappa shape index (κ2) is 10.5. The normalized spacial score (nSPS) is 10.7. The molecular weight excluding hydrogens is 312 g/mol. The predicted octanol–water partition coefficient (Wildman–Crippen LogP) is 3.89. The molecule has 2 aromatic carbocycles. The molecule has 0 radical (unpaired) electrons. The van der Waals surface area contributed by atoms with Crippen LogP contribution in [0.15, 0.2) is 60.7 Å². The molecule has 1 N–H and O–H groups in total. The van der Waals surface area contributed by atoms with E-state index in [0.29, 0.717) is 19.7 Å². The van der Waals surface area contributed by atoms with Crippen molar-refractivity contribution in [3.8, 4) is 0 Å². The average molecular weight is 340 g/mol. The lowest BCUT2D eigenvalue weighted by molar-refractivity contribution is 0.175.